The van der Waals surface area contributed by atoms with Crippen LogP contribution in [0.15, 0.2) is 77.7 Å². The summed E-state index contributed by atoms with van der Waals surface area (Å²) in [5.74, 6) is -0.764. The number of amides is 2. The molecule has 0 aliphatic heterocycles. The highest BCUT2D eigenvalue weighted by molar-refractivity contribution is 7.92. The van der Waals surface area contributed by atoms with Gasteiger partial charge < -0.3 is 10.2 Å². The number of benzene rings is 3. The van der Waals surface area contributed by atoms with Gasteiger partial charge in [0.1, 0.15) is 12.6 Å². The van der Waals surface area contributed by atoms with Crippen molar-refractivity contribution in [2.45, 2.75) is 75.9 Å². The maximum atomic E-state index is 14.3. The first kappa shape index (κ1) is 31.9. The molecule has 1 saturated carbocycles. The van der Waals surface area contributed by atoms with Gasteiger partial charge in [0.25, 0.3) is 10.0 Å². The van der Waals surface area contributed by atoms with Gasteiger partial charge in [0.2, 0.25) is 11.8 Å². The molecule has 0 radical (unpaired) electrons. The molecule has 0 spiro atoms. The standard InChI is InChI=1S/C32H37Cl2N3O4S/c1-3-29(32(39)35-26-13-6-4-7-14-26)36(21-24-12-10-11-17-28(24)34)31(38)22-37(30-19-18-25(33)20-23(30)2)42(40,41)27-15-8-5-9-16-27/h5,8-12,15-20,26,29H,3-4,6-7,13-14,21-22H2,1-2H3,(H,35,39). The summed E-state index contributed by atoms with van der Waals surface area (Å²) in [6.45, 7) is 3.12. The van der Waals surface area contributed by atoms with Crippen molar-refractivity contribution in [3.63, 3.8) is 0 Å². The molecule has 224 valence electrons. The molecule has 2 amide bonds. The van der Waals surface area contributed by atoms with Gasteiger partial charge in [0, 0.05) is 22.6 Å². The lowest BCUT2D eigenvalue weighted by Gasteiger charge is -2.35. The Balaban J connectivity index is 1.73. The Bertz CT molecular complexity index is 1490. The van der Waals surface area contributed by atoms with Gasteiger partial charge in [-0.15, -0.1) is 0 Å². The van der Waals surface area contributed by atoms with E-state index in [0.717, 1.165) is 36.4 Å². The second-order valence-electron chi connectivity index (χ2n) is 10.6. The SMILES string of the molecule is CCC(C(=O)NC1CCCCC1)N(Cc1ccccc1Cl)C(=O)CN(c1ccc(Cl)cc1C)S(=O)(=O)c1ccccc1. The molecule has 0 heterocycles. The average molecular weight is 631 g/mol. The smallest absolute Gasteiger partial charge is 0.264 e. The summed E-state index contributed by atoms with van der Waals surface area (Å²) < 4.78 is 29.1. The molecule has 3 aromatic rings. The second kappa shape index (κ2) is 14.4. The van der Waals surface area contributed by atoms with Crippen molar-refractivity contribution in [1.82, 2.24) is 10.2 Å². The zero-order valence-electron chi connectivity index (χ0n) is 23.9. The van der Waals surface area contributed by atoms with E-state index in [2.05, 4.69) is 5.32 Å². The number of carbonyl (C=O) groups is 2. The molecule has 42 heavy (non-hydrogen) atoms. The predicted molar refractivity (Wildman–Crippen MR) is 168 cm³/mol. The molecule has 7 nitrogen and oxygen atoms in total. The van der Waals surface area contributed by atoms with Gasteiger partial charge in [-0.05, 0) is 73.7 Å². The number of hydrogen-bond donors (Lipinski definition) is 1. The van der Waals surface area contributed by atoms with Gasteiger partial charge in [0.15, 0.2) is 0 Å². The number of rotatable bonds is 11. The first-order valence-corrected chi connectivity index (χ1v) is 16.5. The van der Waals surface area contributed by atoms with Crippen molar-refractivity contribution >= 4 is 50.7 Å². The van der Waals surface area contributed by atoms with Crippen LogP contribution in [0.25, 0.3) is 0 Å². The van der Waals surface area contributed by atoms with Gasteiger partial charge in [-0.1, -0.05) is 85.8 Å². The summed E-state index contributed by atoms with van der Waals surface area (Å²) in [6.07, 6.45) is 5.41. The van der Waals surface area contributed by atoms with E-state index >= 15 is 0 Å². The molecular formula is C32H37Cl2N3O4S. The number of nitrogens with one attached hydrogen (secondary N) is 1. The molecule has 1 fully saturated rings. The van der Waals surface area contributed by atoms with Crippen molar-refractivity contribution < 1.29 is 18.0 Å². The van der Waals surface area contributed by atoms with Crippen molar-refractivity contribution in [3.05, 3.63) is 94.0 Å². The summed E-state index contributed by atoms with van der Waals surface area (Å²) in [5, 5.41) is 4.06. The molecule has 0 bridgehead atoms. The Hall–Kier alpha value is -3.07. The van der Waals surface area contributed by atoms with Gasteiger partial charge in [0.05, 0.1) is 10.6 Å². The number of nitrogens with zero attached hydrogens (tertiary/aromatic N) is 2. The van der Waals surface area contributed by atoms with Crippen LogP contribution in [0.4, 0.5) is 5.69 Å². The highest BCUT2D eigenvalue weighted by Crippen LogP contribution is 2.30. The molecule has 1 aliphatic carbocycles. The second-order valence-corrected chi connectivity index (χ2v) is 13.3. The number of sulfonamides is 1. The Morgan fingerprint density at radius 2 is 1.62 bits per heavy atom. The van der Waals surface area contributed by atoms with Crippen molar-refractivity contribution in [1.29, 1.82) is 0 Å². The predicted octanol–water partition coefficient (Wildman–Crippen LogP) is 6.75. The minimum Gasteiger partial charge on any atom is -0.352 e. The van der Waals surface area contributed by atoms with Crippen LogP contribution in [0, 0.1) is 6.92 Å². The Morgan fingerprint density at radius 3 is 2.26 bits per heavy atom. The normalized spacial score (nSPS) is 14.7. The number of carbonyl (C=O) groups excluding carboxylic acids is 2. The third kappa shape index (κ3) is 7.65. The van der Waals surface area contributed by atoms with Gasteiger partial charge in [-0.25, -0.2) is 8.42 Å². The lowest BCUT2D eigenvalue weighted by atomic mass is 9.95. The summed E-state index contributed by atoms with van der Waals surface area (Å²) >= 11 is 12.7. The lowest BCUT2D eigenvalue weighted by Crippen LogP contribution is -2.54. The maximum Gasteiger partial charge on any atom is 0.264 e. The highest BCUT2D eigenvalue weighted by Gasteiger charge is 2.35. The van der Waals surface area contributed by atoms with E-state index in [4.69, 9.17) is 23.2 Å². The topological polar surface area (TPSA) is 86.8 Å². The Labute approximate surface area is 258 Å². The van der Waals surface area contributed by atoms with E-state index in [1.165, 1.54) is 17.0 Å². The Morgan fingerprint density at radius 1 is 0.952 bits per heavy atom. The molecule has 1 aliphatic rings. The number of aryl methyl sites for hydroxylation is 1. The molecule has 1 atom stereocenters. The minimum absolute atomic E-state index is 0.0480. The quantitative estimate of drug-likeness (QED) is 0.254. The van der Waals surface area contributed by atoms with Crippen LogP contribution < -0.4 is 9.62 Å². The fraction of sp³-hybridized carbons (Fsp3) is 0.375. The number of halogens is 2. The Kier molecular flexibility index (Phi) is 10.9. The molecule has 1 unspecified atom stereocenters. The first-order valence-electron chi connectivity index (χ1n) is 14.3. The summed E-state index contributed by atoms with van der Waals surface area (Å²) in [6, 6.07) is 19.2. The van der Waals surface area contributed by atoms with E-state index in [1.807, 2.05) is 13.0 Å². The van der Waals surface area contributed by atoms with Crippen molar-refractivity contribution in [2.75, 3.05) is 10.8 Å². The van der Waals surface area contributed by atoms with E-state index < -0.39 is 28.5 Å². The van der Waals surface area contributed by atoms with Crippen LogP contribution in [0.5, 0.6) is 0 Å². The molecule has 1 N–H and O–H groups in total. The summed E-state index contributed by atoms with van der Waals surface area (Å²) in [5.41, 5.74) is 1.58. The van der Waals surface area contributed by atoms with E-state index in [9.17, 15) is 18.0 Å². The molecule has 4 rings (SSSR count). The van der Waals surface area contributed by atoms with Crippen LogP contribution in [-0.4, -0.2) is 43.8 Å². The summed E-state index contributed by atoms with van der Waals surface area (Å²) in [7, 11) is -4.16. The van der Waals surface area contributed by atoms with E-state index in [0.29, 0.717) is 33.3 Å². The van der Waals surface area contributed by atoms with Crippen LogP contribution in [0.3, 0.4) is 0 Å². The molecular weight excluding hydrogens is 593 g/mol. The van der Waals surface area contributed by atoms with Crippen molar-refractivity contribution in [3.8, 4) is 0 Å². The van der Waals surface area contributed by atoms with E-state index in [-0.39, 0.29) is 23.4 Å². The summed E-state index contributed by atoms with van der Waals surface area (Å²) in [4.78, 5) is 29.4. The molecule has 3 aromatic carbocycles. The van der Waals surface area contributed by atoms with Gasteiger partial charge >= 0.3 is 0 Å². The lowest BCUT2D eigenvalue weighted by molar-refractivity contribution is -0.140. The third-order valence-electron chi connectivity index (χ3n) is 7.67. The van der Waals surface area contributed by atoms with Gasteiger partial charge in [-0.3, -0.25) is 13.9 Å². The third-order valence-corrected chi connectivity index (χ3v) is 10.1. The zero-order chi connectivity index (χ0) is 30.3. The number of anilines is 1. The highest BCUT2D eigenvalue weighted by atomic mass is 35.5. The monoisotopic (exact) mass is 629 g/mol. The molecule has 0 saturated heterocycles. The van der Waals surface area contributed by atoms with Crippen LogP contribution >= 0.6 is 23.2 Å². The average Bonchev–Trinajstić information content (AvgIpc) is 2.98. The zero-order valence-corrected chi connectivity index (χ0v) is 26.3. The van der Waals surface area contributed by atoms with Crippen LogP contribution in [-0.2, 0) is 26.2 Å². The largest absolute Gasteiger partial charge is 0.352 e. The first-order chi connectivity index (χ1) is 20.1. The van der Waals surface area contributed by atoms with Crippen LogP contribution in [0.1, 0.15) is 56.6 Å². The molecule has 0 aromatic heterocycles. The van der Waals surface area contributed by atoms with Gasteiger partial charge in [-0.2, -0.15) is 0 Å². The maximum absolute atomic E-state index is 14.3. The van der Waals surface area contributed by atoms with Crippen LogP contribution in [0.2, 0.25) is 10.0 Å². The fourth-order valence-corrected chi connectivity index (χ4v) is 7.33. The fourth-order valence-electron chi connectivity index (χ4n) is 5.41. The minimum atomic E-state index is -4.16. The van der Waals surface area contributed by atoms with E-state index in [1.54, 1.807) is 61.5 Å². The molecule has 10 heteroatoms. The number of hydrogen-bond acceptors (Lipinski definition) is 4. The van der Waals surface area contributed by atoms with Crippen molar-refractivity contribution in [2.24, 2.45) is 0 Å².